The molecule has 3 aromatic rings. The second-order valence-corrected chi connectivity index (χ2v) is 7.52. The molecule has 0 radical (unpaired) electrons. The van der Waals surface area contributed by atoms with E-state index >= 15 is 0 Å². The van der Waals surface area contributed by atoms with E-state index in [4.69, 9.17) is 9.72 Å². The molecule has 0 bridgehead atoms. The number of phenolic OH excluding ortho intramolecular Hbond substituents is 1. The number of carbonyl (C=O) groups excluding carboxylic acids is 2. The molecule has 158 valence electrons. The van der Waals surface area contributed by atoms with E-state index in [0.717, 1.165) is 40.6 Å². The van der Waals surface area contributed by atoms with Gasteiger partial charge in [-0.25, -0.2) is 9.78 Å². The number of carbonyl (C=O) groups is 2. The van der Waals surface area contributed by atoms with Gasteiger partial charge in [0.15, 0.2) is 6.61 Å². The maximum Gasteiger partial charge on any atom is 0.339 e. The standard InChI is InChI=1S/C25H24N2O4/c1-2-13-26-22(29)15-31-25(30)23-19-5-3-4-6-21(19)27-24-17(9-12-20(23)24)14-16-7-10-18(28)11-8-16/h3-8,10-11,14,28H,2,9,12-13,15H2,1H3,(H,26,29). The molecule has 1 aliphatic rings. The summed E-state index contributed by atoms with van der Waals surface area (Å²) in [5.74, 6) is -0.600. The van der Waals surface area contributed by atoms with E-state index < -0.39 is 5.97 Å². The van der Waals surface area contributed by atoms with Crippen molar-refractivity contribution in [3.63, 3.8) is 0 Å². The Balaban J connectivity index is 1.70. The molecule has 0 unspecified atom stereocenters. The van der Waals surface area contributed by atoms with E-state index in [9.17, 15) is 14.7 Å². The molecule has 1 aromatic heterocycles. The van der Waals surface area contributed by atoms with Crippen LogP contribution in [0.3, 0.4) is 0 Å². The first-order valence-electron chi connectivity index (χ1n) is 10.4. The van der Waals surface area contributed by atoms with Crippen LogP contribution in [0.15, 0.2) is 48.5 Å². The number of para-hydroxylation sites is 1. The Morgan fingerprint density at radius 2 is 1.90 bits per heavy atom. The highest BCUT2D eigenvalue weighted by Gasteiger charge is 2.27. The van der Waals surface area contributed by atoms with Crippen LogP contribution in [0.2, 0.25) is 0 Å². The van der Waals surface area contributed by atoms with Gasteiger partial charge in [0.25, 0.3) is 5.91 Å². The highest BCUT2D eigenvalue weighted by molar-refractivity contribution is 6.07. The first-order valence-corrected chi connectivity index (χ1v) is 10.4. The Labute approximate surface area is 180 Å². The van der Waals surface area contributed by atoms with Gasteiger partial charge in [0.1, 0.15) is 5.75 Å². The lowest BCUT2D eigenvalue weighted by molar-refractivity contribution is -0.124. The van der Waals surface area contributed by atoms with Crippen molar-refractivity contribution < 1.29 is 19.4 Å². The van der Waals surface area contributed by atoms with Gasteiger partial charge < -0.3 is 15.2 Å². The third-order valence-corrected chi connectivity index (χ3v) is 5.29. The molecule has 31 heavy (non-hydrogen) atoms. The third-order valence-electron chi connectivity index (χ3n) is 5.29. The molecule has 6 heteroatoms. The lowest BCUT2D eigenvalue weighted by Gasteiger charge is -2.12. The van der Waals surface area contributed by atoms with Gasteiger partial charge in [-0.15, -0.1) is 0 Å². The maximum absolute atomic E-state index is 13.0. The number of hydrogen-bond acceptors (Lipinski definition) is 5. The van der Waals surface area contributed by atoms with E-state index in [2.05, 4.69) is 5.32 Å². The van der Waals surface area contributed by atoms with E-state index in [1.165, 1.54) is 0 Å². The summed E-state index contributed by atoms with van der Waals surface area (Å²) in [4.78, 5) is 29.7. The zero-order chi connectivity index (χ0) is 21.8. The Morgan fingerprint density at radius 3 is 2.68 bits per heavy atom. The maximum atomic E-state index is 13.0. The van der Waals surface area contributed by atoms with Crippen LogP contribution in [0, 0.1) is 0 Å². The summed E-state index contributed by atoms with van der Waals surface area (Å²) in [6.07, 6.45) is 4.26. The molecule has 1 amide bonds. The fourth-order valence-electron chi connectivity index (χ4n) is 3.80. The molecule has 6 nitrogen and oxygen atoms in total. The van der Waals surface area contributed by atoms with Crippen molar-refractivity contribution >= 4 is 34.4 Å². The number of aromatic hydroxyl groups is 1. The van der Waals surface area contributed by atoms with Crippen LogP contribution in [0.1, 0.15) is 46.9 Å². The minimum atomic E-state index is -0.507. The molecule has 0 saturated heterocycles. The zero-order valence-corrected chi connectivity index (χ0v) is 17.4. The number of benzene rings is 2. The minimum absolute atomic E-state index is 0.214. The predicted octanol–water partition coefficient (Wildman–Crippen LogP) is 4.11. The SMILES string of the molecule is CCCNC(=O)COC(=O)c1c2c(nc3ccccc13)C(=Cc1ccc(O)cc1)CC2. The molecule has 0 aliphatic heterocycles. The van der Waals surface area contributed by atoms with Crippen LogP contribution < -0.4 is 5.32 Å². The van der Waals surface area contributed by atoms with Crippen LogP contribution in [-0.2, 0) is 16.0 Å². The summed E-state index contributed by atoms with van der Waals surface area (Å²) in [5, 5.41) is 13.0. The second-order valence-electron chi connectivity index (χ2n) is 7.52. The van der Waals surface area contributed by atoms with Gasteiger partial charge in [-0.05, 0) is 60.2 Å². The number of nitrogens with one attached hydrogen (secondary N) is 1. The van der Waals surface area contributed by atoms with Crippen LogP contribution in [0.5, 0.6) is 5.75 Å². The number of aromatic nitrogens is 1. The number of hydrogen-bond donors (Lipinski definition) is 2. The Bertz CT molecular complexity index is 1170. The average Bonchev–Trinajstić information content (AvgIpc) is 3.17. The molecule has 4 rings (SSSR count). The third kappa shape index (κ3) is 4.43. The van der Waals surface area contributed by atoms with E-state index in [1.807, 2.05) is 49.4 Å². The Hall–Kier alpha value is -3.67. The van der Waals surface area contributed by atoms with Crippen molar-refractivity contribution in [2.45, 2.75) is 26.2 Å². The molecule has 0 fully saturated rings. The first-order chi connectivity index (χ1) is 15.1. The van der Waals surface area contributed by atoms with Gasteiger partial charge in [0.2, 0.25) is 0 Å². The van der Waals surface area contributed by atoms with Crippen molar-refractivity contribution in [1.82, 2.24) is 10.3 Å². The van der Waals surface area contributed by atoms with Crippen molar-refractivity contribution in [3.8, 4) is 5.75 Å². The lowest BCUT2D eigenvalue weighted by atomic mass is 10.0. The first kappa shape index (κ1) is 20.6. The van der Waals surface area contributed by atoms with Gasteiger partial charge in [-0.2, -0.15) is 0 Å². The fourth-order valence-corrected chi connectivity index (χ4v) is 3.80. The van der Waals surface area contributed by atoms with Crippen LogP contribution in [0.25, 0.3) is 22.6 Å². The van der Waals surface area contributed by atoms with Crippen LogP contribution >= 0.6 is 0 Å². The smallest absolute Gasteiger partial charge is 0.339 e. The summed E-state index contributed by atoms with van der Waals surface area (Å²) in [6, 6.07) is 14.4. The number of ether oxygens (including phenoxy) is 1. The minimum Gasteiger partial charge on any atom is -0.508 e. The predicted molar refractivity (Wildman–Crippen MR) is 120 cm³/mol. The van der Waals surface area contributed by atoms with E-state index in [0.29, 0.717) is 24.0 Å². The number of phenols is 1. The average molecular weight is 416 g/mol. The quantitative estimate of drug-likeness (QED) is 0.591. The highest BCUT2D eigenvalue weighted by atomic mass is 16.5. The molecule has 0 saturated carbocycles. The van der Waals surface area contributed by atoms with Crippen molar-refractivity contribution in [2.24, 2.45) is 0 Å². The monoisotopic (exact) mass is 416 g/mol. The van der Waals surface area contributed by atoms with Crippen LogP contribution in [0.4, 0.5) is 0 Å². The number of fused-ring (bicyclic) bond motifs is 2. The molecular weight excluding hydrogens is 392 g/mol. The second kappa shape index (κ2) is 9.00. The molecule has 2 aromatic carbocycles. The highest BCUT2D eigenvalue weighted by Crippen LogP contribution is 2.37. The summed E-state index contributed by atoms with van der Waals surface area (Å²) in [7, 11) is 0. The van der Waals surface area contributed by atoms with Gasteiger partial charge in [-0.3, -0.25) is 4.79 Å². The molecule has 0 spiro atoms. The molecule has 2 N–H and O–H groups in total. The molecular formula is C25H24N2O4. The Kier molecular flexibility index (Phi) is 5.98. The largest absolute Gasteiger partial charge is 0.508 e. The number of allylic oxidation sites excluding steroid dienone is 1. The Morgan fingerprint density at radius 1 is 1.13 bits per heavy atom. The topological polar surface area (TPSA) is 88.5 Å². The van der Waals surface area contributed by atoms with E-state index in [-0.39, 0.29) is 18.3 Å². The van der Waals surface area contributed by atoms with Gasteiger partial charge in [-0.1, -0.05) is 37.3 Å². The van der Waals surface area contributed by atoms with Gasteiger partial charge in [0, 0.05) is 11.9 Å². The fraction of sp³-hybridized carbons (Fsp3) is 0.240. The zero-order valence-electron chi connectivity index (χ0n) is 17.4. The van der Waals surface area contributed by atoms with Crippen molar-refractivity contribution in [3.05, 3.63) is 70.9 Å². The van der Waals surface area contributed by atoms with Crippen LogP contribution in [-0.4, -0.2) is 35.1 Å². The van der Waals surface area contributed by atoms with E-state index in [1.54, 1.807) is 12.1 Å². The molecule has 1 heterocycles. The normalized spacial score (nSPS) is 13.9. The number of rotatable bonds is 6. The van der Waals surface area contributed by atoms with Gasteiger partial charge in [0.05, 0.1) is 16.8 Å². The lowest BCUT2D eigenvalue weighted by Crippen LogP contribution is -2.29. The summed E-state index contributed by atoms with van der Waals surface area (Å²) < 4.78 is 5.36. The van der Waals surface area contributed by atoms with Crippen molar-refractivity contribution in [2.75, 3.05) is 13.2 Å². The number of esters is 1. The van der Waals surface area contributed by atoms with Crippen molar-refractivity contribution in [1.29, 1.82) is 0 Å². The summed E-state index contributed by atoms with van der Waals surface area (Å²) in [5.41, 5.74) is 4.81. The summed E-state index contributed by atoms with van der Waals surface area (Å²) >= 11 is 0. The number of pyridine rings is 1. The summed E-state index contributed by atoms with van der Waals surface area (Å²) in [6.45, 7) is 2.21. The number of amides is 1. The molecule has 0 atom stereocenters. The van der Waals surface area contributed by atoms with Gasteiger partial charge >= 0.3 is 5.97 Å². The number of nitrogens with zero attached hydrogens (tertiary/aromatic N) is 1. The molecule has 1 aliphatic carbocycles.